The molecule has 15 aromatic rings. The summed E-state index contributed by atoms with van der Waals surface area (Å²) in [6.07, 6.45) is 0. The Labute approximate surface area is 476 Å². The molecule has 2 heterocycles. The van der Waals surface area contributed by atoms with Crippen LogP contribution >= 0.6 is 0 Å². The van der Waals surface area contributed by atoms with Crippen LogP contribution in [0.15, 0.2) is 324 Å². The van der Waals surface area contributed by atoms with Crippen molar-refractivity contribution in [1.82, 2.24) is 0 Å². The first-order chi connectivity index (χ1) is 40.6. The minimum Gasteiger partial charge on any atom is -0.456 e. The van der Waals surface area contributed by atoms with Crippen molar-refractivity contribution in [2.45, 2.75) is 0 Å². The van der Waals surface area contributed by atoms with Gasteiger partial charge in [0.25, 0.3) is 0 Å². The molecule has 0 spiro atoms. The highest BCUT2D eigenvalue weighted by atomic mass is 16.3. The predicted molar refractivity (Wildman–Crippen MR) is 343 cm³/mol. The molecule has 0 saturated carbocycles. The van der Waals surface area contributed by atoms with E-state index in [-0.39, 0.29) is 0 Å². The zero-order valence-corrected chi connectivity index (χ0v) is 44.7. The van der Waals surface area contributed by atoms with Gasteiger partial charge in [0.05, 0.1) is 0 Å². The van der Waals surface area contributed by atoms with Crippen LogP contribution in [0.4, 0.5) is 34.1 Å². The molecule has 0 fully saturated rings. The normalized spacial score (nSPS) is 11.4. The maximum Gasteiger partial charge on any atom is 0.143 e. The molecule has 0 aliphatic heterocycles. The average Bonchev–Trinajstić information content (AvgIpc) is 4.33. The fraction of sp³-hybridized carbons (Fsp3) is 0. The van der Waals surface area contributed by atoms with Gasteiger partial charge in [0, 0.05) is 61.2 Å². The topological polar surface area (TPSA) is 32.8 Å². The lowest BCUT2D eigenvalue weighted by Gasteiger charge is -2.27. The molecular formula is C78H52N2O2. The minimum atomic E-state index is 0.890. The fourth-order valence-corrected chi connectivity index (χ4v) is 11.7. The van der Waals surface area contributed by atoms with Crippen LogP contribution in [0.5, 0.6) is 0 Å². The monoisotopic (exact) mass is 1050 g/mol. The second kappa shape index (κ2) is 20.7. The molecule has 0 unspecified atom stereocenters. The second-order valence-corrected chi connectivity index (χ2v) is 20.9. The van der Waals surface area contributed by atoms with E-state index < -0.39 is 0 Å². The number of hydrogen-bond acceptors (Lipinski definition) is 4. The lowest BCUT2D eigenvalue weighted by atomic mass is 9.99. The van der Waals surface area contributed by atoms with Crippen LogP contribution in [0.2, 0.25) is 0 Å². The van der Waals surface area contributed by atoms with Crippen LogP contribution in [0, 0.1) is 0 Å². The van der Waals surface area contributed by atoms with Crippen LogP contribution < -0.4 is 9.80 Å². The maximum atomic E-state index is 6.47. The molecule has 4 heteroatoms. The first kappa shape index (κ1) is 48.2. The van der Waals surface area contributed by atoms with E-state index in [0.29, 0.717) is 0 Å². The highest BCUT2D eigenvalue weighted by Crippen LogP contribution is 2.43. The summed E-state index contributed by atoms with van der Waals surface area (Å²) in [6.45, 7) is 0. The minimum absolute atomic E-state index is 0.890. The van der Waals surface area contributed by atoms with Crippen molar-refractivity contribution in [2.24, 2.45) is 0 Å². The van der Waals surface area contributed by atoms with E-state index in [1.807, 2.05) is 24.3 Å². The Bertz CT molecular complexity index is 4720. The molecule has 13 aromatic carbocycles. The van der Waals surface area contributed by atoms with Gasteiger partial charge in [0.15, 0.2) is 0 Å². The first-order valence-corrected chi connectivity index (χ1v) is 27.9. The van der Waals surface area contributed by atoms with Crippen LogP contribution in [0.1, 0.15) is 0 Å². The molecule has 0 aliphatic rings. The van der Waals surface area contributed by atoms with E-state index in [1.54, 1.807) is 0 Å². The lowest BCUT2D eigenvalue weighted by Crippen LogP contribution is -2.10. The zero-order chi connectivity index (χ0) is 54.3. The summed E-state index contributed by atoms with van der Waals surface area (Å²) in [5, 5.41) is 4.51. The molecule has 0 N–H and O–H groups in total. The Morgan fingerprint density at radius 1 is 0.183 bits per heavy atom. The molecule has 2 aromatic heterocycles. The largest absolute Gasteiger partial charge is 0.456 e. The Morgan fingerprint density at radius 3 is 0.902 bits per heavy atom. The number of furan rings is 2. The Kier molecular flexibility index (Phi) is 12.2. The van der Waals surface area contributed by atoms with Crippen LogP contribution in [0.3, 0.4) is 0 Å². The third-order valence-electron chi connectivity index (χ3n) is 15.9. The SMILES string of the molecule is c1ccc(-c2ccc(-c3ccc(N(c4ccc(-c5ccc(N(c6ccc(-c7ccccc7)cc6)c6ccc(-c7ccc8c(c7)oc7ccccc78)cc6)cc5)cc4)c4ccc(-c5cccc6c5oc5ccccc56)cc4)cc3)cc2)cc1. The molecule has 0 amide bonds. The number of anilines is 6. The van der Waals surface area contributed by atoms with Crippen molar-refractivity contribution >= 4 is 78.0 Å². The second-order valence-electron chi connectivity index (χ2n) is 20.9. The smallest absolute Gasteiger partial charge is 0.143 e. The Hall–Kier alpha value is -10.9. The summed E-state index contributed by atoms with van der Waals surface area (Å²) >= 11 is 0. The Balaban J connectivity index is 0.746. The van der Waals surface area contributed by atoms with Gasteiger partial charge in [-0.1, -0.05) is 218 Å². The molecule has 4 nitrogen and oxygen atoms in total. The fourth-order valence-electron chi connectivity index (χ4n) is 11.7. The predicted octanol–water partition coefficient (Wildman–Crippen LogP) is 22.4. The van der Waals surface area contributed by atoms with Crippen molar-refractivity contribution in [3.05, 3.63) is 315 Å². The number of benzene rings is 13. The molecule has 0 atom stereocenters. The van der Waals surface area contributed by atoms with Gasteiger partial charge >= 0.3 is 0 Å². The van der Waals surface area contributed by atoms with E-state index in [4.69, 9.17) is 8.83 Å². The van der Waals surface area contributed by atoms with E-state index in [0.717, 1.165) is 117 Å². The Morgan fingerprint density at radius 2 is 0.476 bits per heavy atom. The van der Waals surface area contributed by atoms with Crippen LogP contribution in [-0.2, 0) is 0 Å². The molecule has 15 rings (SSSR count). The lowest BCUT2D eigenvalue weighted by molar-refractivity contribution is 0.669. The van der Waals surface area contributed by atoms with Crippen molar-refractivity contribution in [2.75, 3.05) is 9.80 Å². The van der Waals surface area contributed by atoms with Gasteiger partial charge in [0.2, 0.25) is 0 Å². The van der Waals surface area contributed by atoms with Crippen molar-refractivity contribution < 1.29 is 8.83 Å². The first-order valence-electron chi connectivity index (χ1n) is 27.9. The van der Waals surface area contributed by atoms with E-state index in [9.17, 15) is 0 Å². The van der Waals surface area contributed by atoms with Gasteiger partial charge in [-0.15, -0.1) is 0 Å². The van der Waals surface area contributed by atoms with Gasteiger partial charge in [-0.05, 0) is 158 Å². The number of fused-ring (bicyclic) bond motifs is 6. The summed E-state index contributed by atoms with van der Waals surface area (Å²) in [5.74, 6) is 0. The number of rotatable bonds is 12. The van der Waals surface area contributed by atoms with Gasteiger partial charge in [0.1, 0.15) is 22.3 Å². The van der Waals surface area contributed by atoms with Gasteiger partial charge in [-0.3, -0.25) is 0 Å². The van der Waals surface area contributed by atoms with Crippen molar-refractivity contribution in [1.29, 1.82) is 0 Å². The van der Waals surface area contributed by atoms with Crippen molar-refractivity contribution in [3.8, 4) is 66.8 Å². The summed E-state index contributed by atoms with van der Waals surface area (Å²) in [6, 6.07) is 113. The van der Waals surface area contributed by atoms with Gasteiger partial charge < -0.3 is 18.6 Å². The van der Waals surface area contributed by atoms with Crippen molar-refractivity contribution in [3.63, 3.8) is 0 Å². The molecular weight excluding hydrogens is 997 g/mol. The zero-order valence-electron chi connectivity index (χ0n) is 44.7. The van der Waals surface area contributed by atoms with Crippen LogP contribution in [-0.4, -0.2) is 0 Å². The summed E-state index contributed by atoms with van der Waals surface area (Å²) in [7, 11) is 0. The van der Waals surface area contributed by atoms with E-state index >= 15 is 0 Å². The summed E-state index contributed by atoms with van der Waals surface area (Å²) in [4.78, 5) is 4.67. The number of para-hydroxylation sites is 3. The molecule has 82 heavy (non-hydrogen) atoms. The average molecular weight is 1050 g/mol. The highest BCUT2D eigenvalue weighted by molar-refractivity contribution is 6.10. The third kappa shape index (κ3) is 9.05. The molecule has 0 saturated heterocycles. The van der Waals surface area contributed by atoms with Gasteiger partial charge in [-0.25, -0.2) is 0 Å². The molecule has 386 valence electrons. The number of hydrogen-bond donors (Lipinski definition) is 0. The standard InChI is InChI=1S/C78H52N2O2/c1-3-12-53(13-4-1)55-22-24-56(25-23-55)58-28-41-66(42-29-58)80(69-49-36-62(37-50-69)70-18-11-19-74-72-17-8-10-21-76(72)82-78(70)74)67-45-32-60(33-46-67)59-30-43-65(44-31-59)79(64-39-26-57(27-40-64)54-14-5-2-6-15-54)68-47-34-61(35-48-68)63-38-51-73-71-16-7-9-20-75(71)81-77(73)52-63/h1-52H. The highest BCUT2D eigenvalue weighted by Gasteiger charge is 2.19. The van der Waals surface area contributed by atoms with Gasteiger partial charge in [-0.2, -0.15) is 0 Å². The maximum absolute atomic E-state index is 6.47. The molecule has 0 bridgehead atoms. The number of nitrogens with zero attached hydrogens (tertiary/aromatic N) is 2. The summed E-state index contributed by atoms with van der Waals surface area (Å²) < 4.78 is 12.8. The van der Waals surface area contributed by atoms with Crippen LogP contribution in [0.25, 0.3) is 111 Å². The van der Waals surface area contributed by atoms with E-state index in [2.05, 4.69) is 301 Å². The third-order valence-corrected chi connectivity index (χ3v) is 15.9. The molecule has 0 radical (unpaired) electrons. The summed E-state index contributed by atoms with van der Waals surface area (Å²) in [5.41, 5.74) is 23.7. The quantitative estimate of drug-likeness (QED) is 0.122. The van der Waals surface area contributed by atoms with E-state index in [1.165, 1.54) is 27.8 Å². The molecule has 0 aliphatic carbocycles.